The molecular formula is C13H16FN5O. The van der Waals surface area contributed by atoms with E-state index < -0.39 is 0 Å². The standard InChI is InChI=1S/C13H16FN5O/c1-7(2)20-13-18-11(15)17-12(19-13)16-9-5-4-8(3)10(14)6-9/h4-7H,1-3H3,(H3,15,16,17,18,19). The minimum Gasteiger partial charge on any atom is -0.461 e. The highest BCUT2D eigenvalue weighted by Crippen LogP contribution is 2.18. The molecule has 1 aromatic heterocycles. The number of halogens is 1. The van der Waals surface area contributed by atoms with Gasteiger partial charge in [0.25, 0.3) is 0 Å². The summed E-state index contributed by atoms with van der Waals surface area (Å²) >= 11 is 0. The van der Waals surface area contributed by atoms with Crippen LogP contribution in [0.5, 0.6) is 6.01 Å². The summed E-state index contributed by atoms with van der Waals surface area (Å²) in [4.78, 5) is 11.9. The van der Waals surface area contributed by atoms with Crippen molar-refractivity contribution in [2.45, 2.75) is 26.9 Å². The van der Waals surface area contributed by atoms with Gasteiger partial charge in [-0.15, -0.1) is 0 Å². The Morgan fingerprint density at radius 3 is 2.65 bits per heavy atom. The molecule has 0 bridgehead atoms. The lowest BCUT2D eigenvalue weighted by Crippen LogP contribution is -2.11. The molecular weight excluding hydrogens is 261 g/mol. The number of aryl methyl sites for hydroxylation is 1. The van der Waals surface area contributed by atoms with E-state index in [2.05, 4.69) is 20.3 Å². The number of nitrogen functional groups attached to an aromatic ring is 1. The number of hydrogen-bond acceptors (Lipinski definition) is 6. The highest BCUT2D eigenvalue weighted by atomic mass is 19.1. The molecule has 2 rings (SSSR count). The largest absolute Gasteiger partial charge is 0.461 e. The van der Waals surface area contributed by atoms with Crippen LogP contribution in [0, 0.1) is 12.7 Å². The van der Waals surface area contributed by atoms with Crippen LogP contribution in [0.2, 0.25) is 0 Å². The first-order chi connectivity index (χ1) is 9.44. The SMILES string of the molecule is Cc1ccc(Nc2nc(N)nc(OC(C)C)n2)cc1F. The Balaban J connectivity index is 2.24. The maximum absolute atomic E-state index is 13.5. The van der Waals surface area contributed by atoms with Gasteiger partial charge in [-0.1, -0.05) is 6.07 Å². The molecule has 106 valence electrons. The monoisotopic (exact) mass is 277 g/mol. The van der Waals surface area contributed by atoms with Gasteiger partial charge in [-0.25, -0.2) is 4.39 Å². The van der Waals surface area contributed by atoms with Crippen LogP contribution in [0.1, 0.15) is 19.4 Å². The number of rotatable bonds is 4. The zero-order chi connectivity index (χ0) is 14.7. The van der Waals surface area contributed by atoms with Gasteiger partial charge in [-0.3, -0.25) is 0 Å². The molecule has 6 nitrogen and oxygen atoms in total. The minimum atomic E-state index is -0.310. The predicted octanol–water partition coefficient (Wildman–Crippen LogP) is 2.43. The second-order valence-electron chi connectivity index (χ2n) is 4.56. The average molecular weight is 277 g/mol. The van der Waals surface area contributed by atoms with Crippen molar-refractivity contribution in [2.24, 2.45) is 0 Å². The van der Waals surface area contributed by atoms with Gasteiger partial charge < -0.3 is 15.8 Å². The molecule has 0 fully saturated rings. The van der Waals surface area contributed by atoms with E-state index in [1.165, 1.54) is 6.07 Å². The molecule has 20 heavy (non-hydrogen) atoms. The normalized spacial score (nSPS) is 10.7. The first-order valence-corrected chi connectivity index (χ1v) is 6.15. The summed E-state index contributed by atoms with van der Waals surface area (Å²) in [5.41, 5.74) is 6.67. The topological polar surface area (TPSA) is 86.0 Å². The van der Waals surface area contributed by atoms with Gasteiger partial charge in [-0.05, 0) is 38.5 Å². The van der Waals surface area contributed by atoms with Gasteiger partial charge in [-0.2, -0.15) is 15.0 Å². The smallest absolute Gasteiger partial charge is 0.323 e. The van der Waals surface area contributed by atoms with Gasteiger partial charge in [0.2, 0.25) is 11.9 Å². The molecule has 0 aliphatic heterocycles. The molecule has 1 aromatic carbocycles. The van der Waals surface area contributed by atoms with Crippen molar-refractivity contribution in [3.63, 3.8) is 0 Å². The third kappa shape index (κ3) is 3.53. The molecule has 0 amide bonds. The van der Waals surface area contributed by atoms with Crippen LogP contribution >= 0.6 is 0 Å². The maximum atomic E-state index is 13.5. The Morgan fingerprint density at radius 1 is 1.25 bits per heavy atom. The van der Waals surface area contributed by atoms with Gasteiger partial charge >= 0.3 is 6.01 Å². The Bertz CT molecular complexity index is 618. The summed E-state index contributed by atoms with van der Waals surface area (Å²) in [7, 11) is 0. The Hall–Kier alpha value is -2.44. The van der Waals surface area contributed by atoms with E-state index in [4.69, 9.17) is 10.5 Å². The van der Waals surface area contributed by atoms with Crippen molar-refractivity contribution in [2.75, 3.05) is 11.1 Å². The van der Waals surface area contributed by atoms with Gasteiger partial charge in [0, 0.05) is 5.69 Å². The highest BCUT2D eigenvalue weighted by molar-refractivity contribution is 5.54. The molecule has 0 unspecified atom stereocenters. The molecule has 3 N–H and O–H groups in total. The summed E-state index contributed by atoms with van der Waals surface area (Å²) in [5.74, 6) is -0.0715. The molecule has 2 aromatic rings. The molecule has 0 saturated carbocycles. The lowest BCUT2D eigenvalue weighted by Gasteiger charge is -2.10. The second-order valence-corrected chi connectivity index (χ2v) is 4.56. The third-order valence-corrected chi connectivity index (χ3v) is 2.40. The van der Waals surface area contributed by atoms with E-state index in [0.717, 1.165) is 0 Å². The average Bonchev–Trinajstić information content (AvgIpc) is 2.32. The van der Waals surface area contributed by atoms with E-state index in [-0.39, 0.29) is 29.8 Å². The zero-order valence-corrected chi connectivity index (χ0v) is 11.5. The van der Waals surface area contributed by atoms with E-state index in [0.29, 0.717) is 11.3 Å². The molecule has 1 heterocycles. The van der Waals surface area contributed by atoms with Crippen LogP contribution in [0.4, 0.5) is 22.0 Å². The number of anilines is 3. The molecule has 0 spiro atoms. The summed E-state index contributed by atoms with van der Waals surface area (Å²) in [6.07, 6.45) is -0.0820. The van der Waals surface area contributed by atoms with Crippen LogP contribution in [0.3, 0.4) is 0 Å². The molecule has 0 atom stereocenters. The maximum Gasteiger partial charge on any atom is 0.323 e. The van der Waals surface area contributed by atoms with Crippen LogP contribution in [-0.2, 0) is 0 Å². The molecule has 0 radical (unpaired) electrons. The van der Waals surface area contributed by atoms with Crippen LogP contribution in [-0.4, -0.2) is 21.1 Å². The van der Waals surface area contributed by atoms with Crippen molar-refractivity contribution in [3.05, 3.63) is 29.6 Å². The fourth-order valence-corrected chi connectivity index (χ4v) is 1.49. The number of nitrogens with zero attached hydrogens (tertiary/aromatic N) is 3. The predicted molar refractivity (Wildman–Crippen MR) is 74.4 cm³/mol. The number of benzene rings is 1. The second kappa shape index (κ2) is 5.68. The van der Waals surface area contributed by atoms with E-state index >= 15 is 0 Å². The van der Waals surface area contributed by atoms with Crippen molar-refractivity contribution in [3.8, 4) is 6.01 Å². The van der Waals surface area contributed by atoms with Crippen molar-refractivity contribution in [1.82, 2.24) is 15.0 Å². The van der Waals surface area contributed by atoms with Crippen LogP contribution in [0.15, 0.2) is 18.2 Å². The molecule has 0 saturated heterocycles. The molecule has 0 aliphatic rings. The lowest BCUT2D eigenvalue weighted by molar-refractivity contribution is 0.222. The van der Waals surface area contributed by atoms with Gasteiger partial charge in [0.15, 0.2) is 0 Å². The van der Waals surface area contributed by atoms with Crippen molar-refractivity contribution < 1.29 is 9.13 Å². The zero-order valence-electron chi connectivity index (χ0n) is 11.5. The summed E-state index contributed by atoms with van der Waals surface area (Å²) in [5, 5.41) is 2.86. The Labute approximate surface area is 116 Å². The number of ether oxygens (including phenoxy) is 1. The summed E-state index contributed by atoms with van der Waals surface area (Å²) in [6.45, 7) is 5.39. The fourth-order valence-electron chi connectivity index (χ4n) is 1.49. The van der Waals surface area contributed by atoms with Gasteiger partial charge in [0.05, 0.1) is 6.10 Å². The van der Waals surface area contributed by atoms with Crippen LogP contribution < -0.4 is 15.8 Å². The van der Waals surface area contributed by atoms with E-state index in [1.807, 2.05) is 13.8 Å². The van der Waals surface area contributed by atoms with E-state index in [9.17, 15) is 4.39 Å². The lowest BCUT2D eigenvalue weighted by atomic mass is 10.2. The molecule has 7 heteroatoms. The summed E-state index contributed by atoms with van der Waals surface area (Å²) < 4.78 is 18.8. The number of nitrogens with two attached hydrogens (primary N) is 1. The number of hydrogen-bond donors (Lipinski definition) is 2. The Kier molecular flexibility index (Phi) is 3.97. The molecule has 0 aliphatic carbocycles. The summed E-state index contributed by atoms with van der Waals surface area (Å²) in [6, 6.07) is 4.87. The van der Waals surface area contributed by atoms with Crippen LogP contribution in [0.25, 0.3) is 0 Å². The quantitative estimate of drug-likeness (QED) is 0.892. The highest BCUT2D eigenvalue weighted by Gasteiger charge is 2.08. The first kappa shape index (κ1) is 14.0. The van der Waals surface area contributed by atoms with Gasteiger partial charge in [0.1, 0.15) is 5.82 Å². The fraction of sp³-hybridized carbons (Fsp3) is 0.308. The Morgan fingerprint density at radius 2 is 2.00 bits per heavy atom. The number of aromatic nitrogens is 3. The third-order valence-electron chi connectivity index (χ3n) is 2.40. The van der Waals surface area contributed by atoms with Crippen molar-refractivity contribution >= 4 is 17.6 Å². The minimum absolute atomic E-state index is 0.0331. The number of nitrogens with one attached hydrogen (secondary N) is 1. The van der Waals surface area contributed by atoms with E-state index in [1.54, 1.807) is 19.1 Å². The van der Waals surface area contributed by atoms with Crippen molar-refractivity contribution in [1.29, 1.82) is 0 Å². The first-order valence-electron chi connectivity index (χ1n) is 6.15.